The molecule has 0 aromatic carbocycles. The number of amides is 1. The van der Waals surface area contributed by atoms with Gasteiger partial charge in [-0.2, -0.15) is 39.5 Å². The molecule has 1 amide bonds. The van der Waals surface area contributed by atoms with Crippen molar-refractivity contribution in [1.82, 2.24) is 19.8 Å². The quantitative estimate of drug-likeness (QED) is 0.376. The third-order valence-electron chi connectivity index (χ3n) is 7.03. The summed E-state index contributed by atoms with van der Waals surface area (Å²) in [6, 6.07) is 8.05. The number of aliphatic carboxylic acids is 3. The topological polar surface area (TPSA) is 161 Å². The van der Waals surface area contributed by atoms with Crippen molar-refractivity contribution in [2.24, 2.45) is 5.41 Å². The van der Waals surface area contributed by atoms with Crippen molar-refractivity contribution in [3.63, 3.8) is 0 Å². The van der Waals surface area contributed by atoms with Crippen LogP contribution in [0.4, 0.5) is 39.5 Å². The number of hydrogen-bond acceptors (Lipinski definition) is 7. The lowest BCUT2D eigenvalue weighted by molar-refractivity contribution is -0.193. The number of halogens is 9. The zero-order valence-corrected chi connectivity index (χ0v) is 24.9. The molecule has 4 rings (SSSR count). The Balaban J connectivity index is 0.000000448. The number of carbonyl (C=O) groups is 4. The molecule has 0 aliphatic carbocycles. The number of carboxylic acids is 3. The molecule has 20 heteroatoms. The fraction of sp³-hybridized carbons (Fsp3) is 0.500. The van der Waals surface area contributed by atoms with Gasteiger partial charge in [0, 0.05) is 44.4 Å². The van der Waals surface area contributed by atoms with Gasteiger partial charge in [0.15, 0.2) is 0 Å². The van der Waals surface area contributed by atoms with E-state index in [1.54, 1.807) is 12.4 Å². The highest BCUT2D eigenvalue weighted by Crippen LogP contribution is 2.41. The summed E-state index contributed by atoms with van der Waals surface area (Å²) in [5.74, 6) is -8.03. The highest BCUT2D eigenvalue weighted by Gasteiger charge is 2.40. The maximum Gasteiger partial charge on any atom is 0.490 e. The van der Waals surface area contributed by atoms with Gasteiger partial charge in [-0.3, -0.25) is 19.7 Å². The molecule has 268 valence electrons. The van der Waals surface area contributed by atoms with E-state index in [1.807, 2.05) is 30.6 Å². The van der Waals surface area contributed by atoms with E-state index in [1.165, 1.54) is 18.4 Å². The largest absolute Gasteiger partial charge is 0.490 e. The molecular formula is C28H31F9N4O7. The average Bonchev–Trinajstić information content (AvgIpc) is 2.99. The fourth-order valence-corrected chi connectivity index (χ4v) is 4.45. The van der Waals surface area contributed by atoms with Gasteiger partial charge in [0.2, 0.25) is 5.91 Å². The highest BCUT2D eigenvalue weighted by atomic mass is 19.4. The molecule has 4 heterocycles. The minimum atomic E-state index is -5.08. The Bertz CT molecular complexity index is 1250. The zero-order chi connectivity index (χ0) is 36.8. The van der Waals surface area contributed by atoms with Crippen molar-refractivity contribution in [2.75, 3.05) is 26.2 Å². The number of aromatic nitrogens is 2. The Hall–Kier alpha value is -4.49. The van der Waals surface area contributed by atoms with Gasteiger partial charge < -0.3 is 20.2 Å². The average molecular weight is 707 g/mol. The molecule has 0 atom stereocenters. The van der Waals surface area contributed by atoms with Crippen LogP contribution in [-0.2, 0) is 32.1 Å². The van der Waals surface area contributed by atoms with Gasteiger partial charge in [-0.15, -0.1) is 0 Å². The number of alkyl halides is 9. The third kappa shape index (κ3) is 15.9. The summed E-state index contributed by atoms with van der Waals surface area (Å²) in [7, 11) is 0. The minimum Gasteiger partial charge on any atom is -0.475 e. The van der Waals surface area contributed by atoms with Crippen LogP contribution in [0.25, 0.3) is 0 Å². The van der Waals surface area contributed by atoms with Crippen molar-refractivity contribution in [2.45, 2.75) is 57.2 Å². The first-order valence-electron chi connectivity index (χ1n) is 13.7. The van der Waals surface area contributed by atoms with Crippen LogP contribution in [0.15, 0.2) is 49.1 Å². The summed E-state index contributed by atoms with van der Waals surface area (Å²) in [6.45, 7) is 5.11. The molecule has 3 N–H and O–H groups in total. The first-order chi connectivity index (χ1) is 22.1. The highest BCUT2D eigenvalue weighted by molar-refractivity contribution is 5.78. The number of likely N-dealkylation sites (tertiary alicyclic amines) is 2. The normalized spacial score (nSPS) is 16.1. The molecule has 2 aliphatic heterocycles. The second kappa shape index (κ2) is 18.2. The van der Waals surface area contributed by atoms with Crippen LogP contribution in [0.3, 0.4) is 0 Å². The third-order valence-corrected chi connectivity index (χ3v) is 7.03. The summed E-state index contributed by atoms with van der Waals surface area (Å²) in [5, 5.41) is 21.4. The van der Waals surface area contributed by atoms with Gasteiger partial charge in [0.05, 0.1) is 6.42 Å². The minimum absolute atomic E-state index is 0.242. The second-order valence-electron chi connectivity index (χ2n) is 10.5. The molecule has 2 aromatic rings. The van der Waals surface area contributed by atoms with E-state index in [9.17, 15) is 44.3 Å². The first-order valence-corrected chi connectivity index (χ1v) is 13.7. The summed E-state index contributed by atoms with van der Waals surface area (Å²) in [6.07, 6.45) is -2.65. The Morgan fingerprint density at radius 3 is 1.33 bits per heavy atom. The number of hydrogen-bond donors (Lipinski definition) is 3. The van der Waals surface area contributed by atoms with E-state index in [0.29, 0.717) is 11.8 Å². The van der Waals surface area contributed by atoms with Crippen molar-refractivity contribution in [3.05, 3.63) is 60.2 Å². The van der Waals surface area contributed by atoms with E-state index in [0.717, 1.165) is 51.1 Å². The Kier molecular flexibility index (Phi) is 15.7. The fourth-order valence-electron chi connectivity index (χ4n) is 4.45. The van der Waals surface area contributed by atoms with E-state index < -0.39 is 36.4 Å². The number of pyridine rings is 2. The lowest BCUT2D eigenvalue weighted by Crippen LogP contribution is -2.48. The molecule has 2 aromatic heterocycles. The lowest BCUT2D eigenvalue weighted by atomic mass is 9.71. The van der Waals surface area contributed by atoms with Crippen LogP contribution in [0.5, 0.6) is 0 Å². The predicted molar refractivity (Wildman–Crippen MR) is 146 cm³/mol. The van der Waals surface area contributed by atoms with Gasteiger partial charge in [-0.05, 0) is 67.4 Å². The van der Waals surface area contributed by atoms with Crippen LogP contribution in [0.2, 0.25) is 0 Å². The summed E-state index contributed by atoms with van der Waals surface area (Å²) in [4.78, 5) is 52.2. The molecular weight excluding hydrogens is 675 g/mol. The van der Waals surface area contributed by atoms with Crippen molar-refractivity contribution in [3.8, 4) is 0 Å². The lowest BCUT2D eigenvalue weighted by Gasteiger charge is -2.47. The van der Waals surface area contributed by atoms with Gasteiger partial charge in [0.1, 0.15) is 0 Å². The standard InChI is InChI=1S/C22H28N4O.3C2HF3O2/c27-21(15-19-3-1-9-23-16-19)26-13-7-22(8-14-26)5-11-25(12-6-22)18-20-4-2-10-24-17-20;3*3-2(4,5)1(6)7/h1-4,9-10,16-17H,5-8,11-15,18H2;3*(H,6,7). The number of piperidine rings is 2. The predicted octanol–water partition coefficient (Wildman–Crippen LogP) is 4.82. The van der Waals surface area contributed by atoms with E-state index >= 15 is 0 Å². The van der Waals surface area contributed by atoms with E-state index in [2.05, 4.69) is 25.8 Å². The summed E-state index contributed by atoms with van der Waals surface area (Å²) in [5.41, 5.74) is 2.74. The molecule has 2 saturated heterocycles. The van der Waals surface area contributed by atoms with Gasteiger partial charge >= 0.3 is 36.4 Å². The number of rotatable bonds is 4. The Labute approximate surface area is 267 Å². The van der Waals surface area contributed by atoms with Gasteiger partial charge in [-0.25, -0.2) is 14.4 Å². The maximum absolute atomic E-state index is 12.6. The van der Waals surface area contributed by atoms with Crippen molar-refractivity contribution in [1.29, 1.82) is 0 Å². The molecule has 0 radical (unpaired) electrons. The molecule has 0 unspecified atom stereocenters. The molecule has 1 spiro atoms. The van der Waals surface area contributed by atoms with Crippen molar-refractivity contribution < 1.29 is 74.0 Å². The molecule has 0 saturated carbocycles. The smallest absolute Gasteiger partial charge is 0.475 e. The van der Waals surface area contributed by atoms with Crippen LogP contribution in [-0.4, -0.2) is 104 Å². The van der Waals surface area contributed by atoms with Crippen LogP contribution >= 0.6 is 0 Å². The van der Waals surface area contributed by atoms with Gasteiger partial charge in [-0.1, -0.05) is 12.1 Å². The number of carboxylic acid groups (broad SMARTS) is 3. The second-order valence-corrected chi connectivity index (χ2v) is 10.5. The first kappa shape index (κ1) is 41.5. The van der Waals surface area contributed by atoms with Crippen molar-refractivity contribution >= 4 is 23.8 Å². The SMILES string of the molecule is O=C(Cc1cccnc1)N1CCC2(CCN(Cc3cccnc3)CC2)CC1.O=C(O)C(F)(F)F.O=C(O)C(F)(F)F.O=C(O)C(F)(F)F. The Morgan fingerprint density at radius 2 is 1.00 bits per heavy atom. The molecule has 2 aliphatic rings. The maximum atomic E-state index is 12.6. The zero-order valence-electron chi connectivity index (χ0n) is 24.9. The van der Waals surface area contributed by atoms with Crippen LogP contribution in [0, 0.1) is 5.41 Å². The number of carbonyl (C=O) groups excluding carboxylic acids is 1. The number of nitrogens with zero attached hydrogens (tertiary/aromatic N) is 4. The van der Waals surface area contributed by atoms with Crippen LogP contribution < -0.4 is 0 Å². The summed E-state index contributed by atoms with van der Waals surface area (Å²) >= 11 is 0. The monoisotopic (exact) mass is 706 g/mol. The molecule has 48 heavy (non-hydrogen) atoms. The van der Waals surface area contributed by atoms with E-state index in [-0.39, 0.29) is 5.91 Å². The Morgan fingerprint density at radius 1 is 0.646 bits per heavy atom. The molecule has 11 nitrogen and oxygen atoms in total. The van der Waals surface area contributed by atoms with Crippen LogP contribution in [0.1, 0.15) is 36.8 Å². The molecule has 2 fully saturated rings. The van der Waals surface area contributed by atoms with E-state index in [4.69, 9.17) is 29.7 Å². The summed E-state index contributed by atoms with van der Waals surface area (Å²) < 4.78 is 95.2. The molecule has 0 bridgehead atoms. The van der Waals surface area contributed by atoms with Gasteiger partial charge in [0.25, 0.3) is 0 Å².